The Hall–Kier alpha value is -2.10. The van der Waals surface area contributed by atoms with Crippen LogP contribution >= 0.6 is 0 Å². The minimum absolute atomic E-state index is 0.0898. The van der Waals surface area contributed by atoms with E-state index in [0.717, 1.165) is 24.1 Å². The van der Waals surface area contributed by atoms with Gasteiger partial charge in [0.25, 0.3) is 5.91 Å². The van der Waals surface area contributed by atoms with Crippen molar-refractivity contribution in [2.45, 2.75) is 39.5 Å². The minimum atomic E-state index is -0.0898. The van der Waals surface area contributed by atoms with Crippen LogP contribution in [0.15, 0.2) is 18.2 Å². The van der Waals surface area contributed by atoms with E-state index in [2.05, 4.69) is 21.6 Å². The molecule has 0 unspecified atom stereocenters. The van der Waals surface area contributed by atoms with Crippen molar-refractivity contribution in [1.29, 1.82) is 0 Å². The summed E-state index contributed by atoms with van der Waals surface area (Å²) in [5.41, 5.74) is 5.38. The third-order valence-electron chi connectivity index (χ3n) is 4.10. The number of nitrogens with one attached hydrogen (secondary N) is 2. The summed E-state index contributed by atoms with van der Waals surface area (Å²) in [5.74, 6) is 0.526. The number of amides is 1. The van der Waals surface area contributed by atoms with Gasteiger partial charge in [-0.25, -0.2) is 0 Å². The Morgan fingerprint density at radius 2 is 1.95 bits per heavy atom. The monoisotopic (exact) mass is 269 g/mol. The summed E-state index contributed by atoms with van der Waals surface area (Å²) in [5, 5.41) is 9.86. The number of aryl methyl sites for hydroxylation is 3. The second kappa shape index (κ2) is 5.12. The maximum absolute atomic E-state index is 12.3. The molecule has 4 nitrogen and oxygen atoms in total. The van der Waals surface area contributed by atoms with Crippen LogP contribution in [-0.4, -0.2) is 16.1 Å². The average molecular weight is 269 g/mol. The number of H-pyrrole nitrogens is 1. The molecule has 1 aliphatic rings. The summed E-state index contributed by atoms with van der Waals surface area (Å²) in [6.45, 7) is 3.89. The van der Waals surface area contributed by atoms with Gasteiger partial charge in [0.1, 0.15) is 0 Å². The summed E-state index contributed by atoms with van der Waals surface area (Å²) in [6.07, 6.45) is 4.69. The molecule has 4 heteroatoms. The van der Waals surface area contributed by atoms with Gasteiger partial charge in [-0.3, -0.25) is 9.89 Å². The van der Waals surface area contributed by atoms with Crippen molar-refractivity contribution in [1.82, 2.24) is 10.2 Å². The zero-order valence-corrected chi connectivity index (χ0v) is 11.9. The topological polar surface area (TPSA) is 57.8 Å². The van der Waals surface area contributed by atoms with Gasteiger partial charge in [-0.2, -0.15) is 5.10 Å². The molecular weight excluding hydrogens is 250 g/mol. The molecular formula is C16H19N3O. The number of aromatic amines is 1. The molecule has 1 aromatic heterocycles. The van der Waals surface area contributed by atoms with Crippen LogP contribution in [0.3, 0.4) is 0 Å². The third kappa shape index (κ3) is 2.33. The number of nitrogens with zero attached hydrogens (tertiary/aromatic N) is 1. The van der Waals surface area contributed by atoms with Gasteiger partial charge in [0.05, 0.1) is 0 Å². The molecule has 1 amide bonds. The summed E-state index contributed by atoms with van der Waals surface area (Å²) < 4.78 is 0. The predicted octanol–water partition coefficient (Wildman–Crippen LogP) is 3.16. The lowest BCUT2D eigenvalue weighted by Gasteiger charge is -2.16. The molecule has 0 radical (unpaired) electrons. The fraction of sp³-hybridized carbons (Fsp3) is 0.375. The Morgan fingerprint density at radius 1 is 1.20 bits per heavy atom. The van der Waals surface area contributed by atoms with Gasteiger partial charge in [0.2, 0.25) is 0 Å². The number of carbonyl (C=O) groups excluding carboxylic acids is 1. The highest BCUT2D eigenvalue weighted by molar-refractivity contribution is 6.04. The van der Waals surface area contributed by atoms with E-state index in [4.69, 9.17) is 0 Å². The Kier molecular flexibility index (Phi) is 3.30. The quantitative estimate of drug-likeness (QED) is 0.879. The van der Waals surface area contributed by atoms with Crippen molar-refractivity contribution < 1.29 is 4.79 Å². The minimum Gasteiger partial charge on any atom is -0.305 e. The van der Waals surface area contributed by atoms with Gasteiger partial charge in [0, 0.05) is 16.8 Å². The lowest BCUT2D eigenvalue weighted by molar-refractivity contribution is 0.102. The fourth-order valence-electron chi connectivity index (χ4n) is 2.66. The zero-order valence-electron chi connectivity index (χ0n) is 11.9. The first-order valence-electron chi connectivity index (χ1n) is 7.10. The molecule has 3 rings (SSSR count). The number of benzene rings is 1. The van der Waals surface area contributed by atoms with Crippen molar-refractivity contribution in [3.05, 3.63) is 46.1 Å². The van der Waals surface area contributed by atoms with Crippen LogP contribution in [0.25, 0.3) is 0 Å². The highest BCUT2D eigenvalue weighted by Crippen LogP contribution is 2.23. The molecule has 1 heterocycles. The Balaban J connectivity index is 1.82. The molecule has 0 aliphatic heterocycles. The number of anilines is 1. The highest BCUT2D eigenvalue weighted by Gasteiger charge is 2.14. The van der Waals surface area contributed by atoms with Gasteiger partial charge in [-0.1, -0.05) is 6.07 Å². The Morgan fingerprint density at radius 3 is 2.65 bits per heavy atom. The molecule has 20 heavy (non-hydrogen) atoms. The molecule has 1 aromatic carbocycles. The van der Waals surface area contributed by atoms with E-state index in [-0.39, 0.29) is 5.91 Å². The van der Waals surface area contributed by atoms with Crippen LogP contribution in [0.1, 0.15) is 45.6 Å². The molecule has 2 aromatic rings. The van der Waals surface area contributed by atoms with E-state index in [9.17, 15) is 4.79 Å². The van der Waals surface area contributed by atoms with Crippen molar-refractivity contribution >= 4 is 11.7 Å². The van der Waals surface area contributed by atoms with Gasteiger partial charge in [-0.05, 0) is 62.8 Å². The summed E-state index contributed by atoms with van der Waals surface area (Å²) in [7, 11) is 0. The van der Waals surface area contributed by atoms with Crippen LogP contribution in [0.5, 0.6) is 0 Å². The first-order chi connectivity index (χ1) is 9.65. The maximum Gasteiger partial charge on any atom is 0.256 e. The first-order valence-corrected chi connectivity index (χ1v) is 7.10. The fourth-order valence-corrected chi connectivity index (χ4v) is 2.66. The summed E-state index contributed by atoms with van der Waals surface area (Å²) >= 11 is 0. The lowest BCUT2D eigenvalue weighted by atomic mass is 9.90. The van der Waals surface area contributed by atoms with E-state index < -0.39 is 0 Å². The first kappa shape index (κ1) is 12.9. The molecule has 0 atom stereocenters. The maximum atomic E-state index is 12.3. The van der Waals surface area contributed by atoms with Gasteiger partial charge < -0.3 is 5.32 Å². The molecule has 2 N–H and O–H groups in total. The van der Waals surface area contributed by atoms with Crippen molar-refractivity contribution in [3.8, 4) is 0 Å². The molecule has 0 saturated carbocycles. The van der Waals surface area contributed by atoms with Crippen LogP contribution in [0.4, 0.5) is 5.82 Å². The number of carbonyl (C=O) groups is 1. The molecule has 0 fully saturated rings. The van der Waals surface area contributed by atoms with Crippen molar-refractivity contribution in [3.63, 3.8) is 0 Å². The average Bonchev–Trinajstić information content (AvgIpc) is 2.78. The molecule has 0 saturated heterocycles. The van der Waals surface area contributed by atoms with E-state index in [1.165, 1.54) is 24.0 Å². The van der Waals surface area contributed by atoms with E-state index >= 15 is 0 Å². The Bertz CT molecular complexity index is 658. The van der Waals surface area contributed by atoms with Gasteiger partial charge in [0.15, 0.2) is 5.82 Å². The van der Waals surface area contributed by atoms with E-state index in [0.29, 0.717) is 11.4 Å². The van der Waals surface area contributed by atoms with E-state index in [1.807, 2.05) is 26.0 Å². The van der Waals surface area contributed by atoms with Crippen LogP contribution in [0, 0.1) is 13.8 Å². The molecule has 0 bridgehead atoms. The van der Waals surface area contributed by atoms with Crippen LogP contribution in [0.2, 0.25) is 0 Å². The lowest BCUT2D eigenvalue weighted by Crippen LogP contribution is -2.14. The number of hydrogen-bond donors (Lipinski definition) is 2. The van der Waals surface area contributed by atoms with Crippen molar-refractivity contribution in [2.75, 3.05) is 5.32 Å². The number of aromatic nitrogens is 2. The number of rotatable bonds is 2. The second-order valence-corrected chi connectivity index (χ2v) is 5.47. The smallest absolute Gasteiger partial charge is 0.256 e. The SMILES string of the molecule is Cc1[nH]nc(NC(=O)c2ccc3c(c2)CCCC3)c1C. The molecule has 1 aliphatic carbocycles. The largest absolute Gasteiger partial charge is 0.305 e. The highest BCUT2D eigenvalue weighted by atomic mass is 16.1. The summed E-state index contributed by atoms with van der Waals surface area (Å²) in [6, 6.07) is 6.03. The van der Waals surface area contributed by atoms with Gasteiger partial charge >= 0.3 is 0 Å². The predicted molar refractivity (Wildman–Crippen MR) is 79.1 cm³/mol. The second-order valence-electron chi connectivity index (χ2n) is 5.47. The summed E-state index contributed by atoms with van der Waals surface area (Å²) in [4.78, 5) is 12.3. The zero-order chi connectivity index (χ0) is 14.1. The third-order valence-corrected chi connectivity index (χ3v) is 4.10. The van der Waals surface area contributed by atoms with Gasteiger partial charge in [-0.15, -0.1) is 0 Å². The Labute approximate surface area is 118 Å². The van der Waals surface area contributed by atoms with Crippen LogP contribution < -0.4 is 5.32 Å². The molecule has 104 valence electrons. The number of hydrogen-bond acceptors (Lipinski definition) is 2. The van der Waals surface area contributed by atoms with Crippen LogP contribution in [-0.2, 0) is 12.8 Å². The molecule has 0 spiro atoms. The van der Waals surface area contributed by atoms with Crippen molar-refractivity contribution in [2.24, 2.45) is 0 Å². The van der Waals surface area contributed by atoms with E-state index in [1.54, 1.807) is 0 Å². The normalized spacial score (nSPS) is 13.9. The standard InChI is InChI=1S/C16H19N3O/c1-10-11(2)18-19-15(10)17-16(20)14-8-7-12-5-3-4-6-13(12)9-14/h7-9H,3-6H2,1-2H3,(H2,17,18,19,20). The number of fused-ring (bicyclic) bond motifs is 1.